The number of nitrogens with zero attached hydrogens (tertiary/aromatic N) is 1. The van der Waals surface area contributed by atoms with E-state index in [0.29, 0.717) is 0 Å². The number of halogens is 4. The van der Waals surface area contributed by atoms with Gasteiger partial charge in [0.25, 0.3) is 0 Å². The van der Waals surface area contributed by atoms with Crippen LogP contribution in [0.4, 0.5) is 18.0 Å². The maximum atomic E-state index is 11.8. The molecule has 0 aliphatic heterocycles. The predicted octanol–water partition coefficient (Wildman–Crippen LogP) is -5.69. The summed E-state index contributed by atoms with van der Waals surface area (Å²) < 4.78 is 35.5. The molecule has 0 saturated heterocycles. The molecule has 1 aromatic rings. The summed E-state index contributed by atoms with van der Waals surface area (Å²) in [7, 11) is 0. The third kappa shape index (κ3) is 14.0. The van der Waals surface area contributed by atoms with Gasteiger partial charge in [0.15, 0.2) is 0 Å². The van der Waals surface area contributed by atoms with Crippen molar-refractivity contribution in [2.45, 2.75) is 6.18 Å². The number of alkyl halides is 3. The van der Waals surface area contributed by atoms with Crippen molar-refractivity contribution in [1.29, 1.82) is 0 Å². The molecule has 0 spiro atoms. The number of hydrogen-bond acceptors (Lipinski definition) is 4. The fourth-order valence-corrected chi connectivity index (χ4v) is 0.730. The first kappa shape index (κ1) is 23.8. The number of hydrogen-bond donors (Lipinski definition) is 0. The van der Waals surface area contributed by atoms with Crippen molar-refractivity contribution >= 4 is 17.8 Å². The second-order valence-corrected chi connectivity index (χ2v) is 2.48. The molecule has 0 bridgehead atoms. The van der Waals surface area contributed by atoms with Gasteiger partial charge in [-0.15, -0.1) is 0 Å². The van der Waals surface area contributed by atoms with Crippen molar-refractivity contribution < 1.29 is 131 Å². The molecule has 0 radical (unpaired) electrons. The smallest absolute Gasteiger partial charge is 0.652 e. The molecule has 1 heterocycles. The molecule has 84 valence electrons. The number of carbonyl (C=O) groups is 1. The van der Waals surface area contributed by atoms with Crippen LogP contribution in [0.25, 0.3) is 0 Å². The molecular weight excluding hydrogens is 317 g/mol. The average molecular weight is 320 g/mol. The molecule has 1 rings (SSSR count). The quantitative estimate of drug-likeness (QED) is 0.353. The average Bonchev–Trinajstić information content (AvgIpc) is 2.01. The Labute approximate surface area is 185 Å². The summed E-state index contributed by atoms with van der Waals surface area (Å²) in [5.41, 5.74) is -0.968. The Bertz CT molecular complexity index is 347. The van der Waals surface area contributed by atoms with Crippen molar-refractivity contribution in [1.82, 2.24) is 4.98 Å². The van der Waals surface area contributed by atoms with Gasteiger partial charge in [-0.3, -0.25) is 0 Å². The van der Waals surface area contributed by atoms with Crippen LogP contribution < -0.4 is 113 Å². The second kappa shape index (κ2) is 11.6. The van der Waals surface area contributed by atoms with E-state index in [2.05, 4.69) is 4.98 Å². The minimum absolute atomic E-state index is 0. The maximum absolute atomic E-state index is 11.8. The van der Waals surface area contributed by atoms with Gasteiger partial charge in [-0.05, 0) is 18.3 Å². The summed E-state index contributed by atoms with van der Waals surface area (Å²) >= 11 is 5.24. The zero-order chi connectivity index (χ0) is 12.1. The van der Waals surface area contributed by atoms with Crippen LogP contribution in [0.3, 0.4) is 0 Å². The molecule has 0 aromatic carbocycles. The van der Waals surface area contributed by atoms with Crippen LogP contribution >= 0.6 is 11.6 Å². The van der Waals surface area contributed by atoms with Gasteiger partial charge >= 0.3 is 109 Å². The molecule has 4 nitrogen and oxygen atoms in total. The van der Waals surface area contributed by atoms with Crippen molar-refractivity contribution in [3.05, 3.63) is 29.0 Å². The Balaban J connectivity index is -0.000000289. The molecule has 0 N–H and O–H groups in total. The van der Waals surface area contributed by atoms with E-state index < -0.39 is 18.0 Å². The van der Waals surface area contributed by atoms with E-state index in [0.717, 1.165) is 6.07 Å². The van der Waals surface area contributed by atoms with Gasteiger partial charge in [-0.1, -0.05) is 17.7 Å². The fraction of sp³-hybridized carbons (Fsp3) is 0.143. The van der Waals surface area contributed by atoms with E-state index in [4.69, 9.17) is 26.6 Å². The van der Waals surface area contributed by atoms with Crippen molar-refractivity contribution in [3.63, 3.8) is 0 Å². The number of aromatic nitrogens is 1. The third-order valence-corrected chi connectivity index (χ3v) is 1.22. The van der Waals surface area contributed by atoms with Crippen molar-refractivity contribution in [2.75, 3.05) is 0 Å². The first-order valence-electron chi connectivity index (χ1n) is 3.31. The van der Waals surface area contributed by atoms with E-state index in [1.165, 1.54) is 12.1 Å². The van der Waals surface area contributed by atoms with Gasteiger partial charge in [0.2, 0.25) is 0 Å². The van der Waals surface area contributed by atoms with E-state index >= 15 is 0 Å². The Hall–Kier alpha value is 1.77. The molecule has 0 amide bonds. The first-order valence-corrected chi connectivity index (χ1v) is 3.69. The SMILES string of the molecule is FC(F)(F)c1cccc(Cl)n1.O=C([O-])[O-].[K+].[K+]. The van der Waals surface area contributed by atoms with Crippen LogP contribution in [0, 0.1) is 0 Å². The normalized spacial score (nSPS) is 8.94. The zero-order valence-corrected chi connectivity index (χ0v) is 15.9. The van der Waals surface area contributed by atoms with Gasteiger partial charge in [-0.25, -0.2) is 4.98 Å². The number of rotatable bonds is 0. The summed E-state index contributed by atoms with van der Waals surface area (Å²) in [4.78, 5) is 11.4. The summed E-state index contributed by atoms with van der Waals surface area (Å²) in [5, 5.41) is 16.5. The van der Waals surface area contributed by atoms with Crippen LogP contribution in [-0.4, -0.2) is 11.1 Å². The van der Waals surface area contributed by atoms with Gasteiger partial charge in [-0.2, -0.15) is 13.2 Å². The monoisotopic (exact) mass is 319 g/mol. The molecule has 17 heavy (non-hydrogen) atoms. The fourth-order valence-electron chi connectivity index (χ4n) is 0.566. The third-order valence-electron chi connectivity index (χ3n) is 1.01. The molecule has 0 aliphatic rings. The summed E-state index contributed by atoms with van der Waals surface area (Å²) in [5.74, 6) is 0. The molecule has 1 aromatic heterocycles. The Kier molecular flexibility index (Phi) is 16.2. The van der Waals surface area contributed by atoms with Crippen LogP contribution in [0.5, 0.6) is 0 Å². The molecule has 0 unspecified atom stereocenters. The summed E-state index contributed by atoms with van der Waals surface area (Å²) in [6.07, 6.45) is -6.75. The van der Waals surface area contributed by atoms with Crippen LogP contribution in [0.2, 0.25) is 5.15 Å². The first-order chi connectivity index (χ1) is 6.73. The van der Waals surface area contributed by atoms with Gasteiger partial charge < -0.3 is 15.0 Å². The van der Waals surface area contributed by atoms with E-state index in [9.17, 15) is 13.2 Å². The zero-order valence-electron chi connectivity index (χ0n) is 8.92. The minimum atomic E-state index is -4.41. The second-order valence-electron chi connectivity index (χ2n) is 2.09. The van der Waals surface area contributed by atoms with Crippen LogP contribution in [0.1, 0.15) is 5.69 Å². The van der Waals surface area contributed by atoms with E-state index in [1.807, 2.05) is 0 Å². The van der Waals surface area contributed by atoms with Crippen molar-refractivity contribution in [2.24, 2.45) is 0 Å². The Morgan fingerprint density at radius 3 is 1.88 bits per heavy atom. The van der Waals surface area contributed by atoms with Gasteiger partial charge in [0, 0.05) is 0 Å². The molecule has 0 aliphatic carbocycles. The largest absolute Gasteiger partial charge is 1.00 e. The molecular formula is C7H3ClF3K2NO3. The standard InChI is InChI=1S/C6H3ClF3N.CH2O3.2K/c7-5-3-1-2-4(11-5)6(8,9)10;2-1(3)4;;/h1-3H;(H2,2,3,4);;/q;;2*+1/p-2. The number of pyridine rings is 1. The summed E-state index contributed by atoms with van der Waals surface area (Å²) in [6, 6.07) is 3.36. The summed E-state index contributed by atoms with van der Waals surface area (Å²) in [6.45, 7) is 0. The molecule has 0 atom stereocenters. The molecule has 0 fully saturated rings. The predicted molar refractivity (Wildman–Crippen MR) is 39.6 cm³/mol. The maximum Gasteiger partial charge on any atom is 1.00 e. The van der Waals surface area contributed by atoms with Gasteiger partial charge in [0.05, 0.1) is 0 Å². The number of carboxylic acid groups (broad SMARTS) is 2. The topological polar surface area (TPSA) is 76.1 Å². The Morgan fingerprint density at radius 2 is 1.65 bits per heavy atom. The van der Waals surface area contributed by atoms with Crippen LogP contribution in [0.15, 0.2) is 18.2 Å². The van der Waals surface area contributed by atoms with E-state index in [1.54, 1.807) is 0 Å². The van der Waals surface area contributed by atoms with Gasteiger partial charge in [0.1, 0.15) is 10.8 Å². The van der Waals surface area contributed by atoms with Crippen LogP contribution in [-0.2, 0) is 6.18 Å². The number of carbonyl (C=O) groups excluding carboxylic acids is 1. The minimum Gasteiger partial charge on any atom is -0.652 e. The Morgan fingerprint density at radius 1 is 1.24 bits per heavy atom. The van der Waals surface area contributed by atoms with Crippen molar-refractivity contribution in [3.8, 4) is 0 Å². The van der Waals surface area contributed by atoms with E-state index in [-0.39, 0.29) is 108 Å². The molecule has 0 saturated carbocycles. The molecule has 10 heteroatoms.